The fourth-order valence-corrected chi connectivity index (χ4v) is 3.13. The summed E-state index contributed by atoms with van der Waals surface area (Å²) in [6, 6.07) is 17.5. The van der Waals surface area contributed by atoms with Gasteiger partial charge < -0.3 is 14.5 Å². The summed E-state index contributed by atoms with van der Waals surface area (Å²) in [5.74, 6) is -0.413. The summed E-state index contributed by atoms with van der Waals surface area (Å²) in [5, 5.41) is 14.0. The van der Waals surface area contributed by atoms with Crippen molar-refractivity contribution in [2.24, 2.45) is 0 Å². The molecule has 1 amide bonds. The highest BCUT2D eigenvalue weighted by molar-refractivity contribution is 6.31. The normalized spacial score (nSPS) is 10.7. The number of nitrogens with one attached hydrogen (secondary N) is 1. The van der Waals surface area contributed by atoms with Gasteiger partial charge in [-0.05, 0) is 36.4 Å². The van der Waals surface area contributed by atoms with E-state index in [1.165, 1.54) is 18.2 Å². The highest BCUT2D eigenvalue weighted by Crippen LogP contribution is 2.32. The summed E-state index contributed by atoms with van der Waals surface area (Å²) in [4.78, 5) is 35.1. The number of ether oxygens (including phenoxy) is 1. The molecule has 31 heavy (non-hydrogen) atoms. The maximum absolute atomic E-state index is 12.6. The smallest absolute Gasteiger partial charge is 0.420 e. The number of aromatic nitrogens is 1. The van der Waals surface area contributed by atoms with Crippen molar-refractivity contribution in [1.29, 1.82) is 0 Å². The van der Waals surface area contributed by atoms with Crippen LogP contribution in [0.5, 0.6) is 11.5 Å². The van der Waals surface area contributed by atoms with Gasteiger partial charge in [-0.1, -0.05) is 29.8 Å². The summed E-state index contributed by atoms with van der Waals surface area (Å²) >= 11 is 6.06. The number of nitrogens with zero attached hydrogens (tertiary/aromatic N) is 2. The number of benzene rings is 3. The number of anilines is 1. The molecule has 10 heteroatoms. The molecular formula is C21H14ClN3O6. The second-order valence-corrected chi connectivity index (χ2v) is 6.90. The molecule has 1 heterocycles. The Bertz CT molecular complexity index is 1350. The van der Waals surface area contributed by atoms with E-state index in [2.05, 4.69) is 5.32 Å². The molecule has 0 aliphatic carbocycles. The molecule has 0 aliphatic rings. The van der Waals surface area contributed by atoms with E-state index in [0.717, 1.165) is 10.6 Å². The van der Waals surface area contributed by atoms with Crippen LogP contribution in [0.25, 0.3) is 11.1 Å². The molecular weight excluding hydrogens is 426 g/mol. The zero-order chi connectivity index (χ0) is 22.0. The molecule has 4 aromatic rings. The van der Waals surface area contributed by atoms with Gasteiger partial charge in [-0.3, -0.25) is 19.5 Å². The molecule has 1 aromatic heterocycles. The predicted octanol–water partition coefficient (Wildman–Crippen LogP) is 4.59. The minimum absolute atomic E-state index is 0.0165. The minimum atomic E-state index is -0.808. The first-order valence-electron chi connectivity index (χ1n) is 9.01. The van der Waals surface area contributed by atoms with E-state index >= 15 is 0 Å². The molecule has 0 spiro atoms. The molecule has 1 N–H and O–H groups in total. The van der Waals surface area contributed by atoms with E-state index in [1.54, 1.807) is 24.3 Å². The zero-order valence-corrected chi connectivity index (χ0v) is 16.5. The van der Waals surface area contributed by atoms with Crippen LogP contribution in [0.1, 0.15) is 0 Å². The van der Waals surface area contributed by atoms with Gasteiger partial charge in [0, 0.05) is 11.1 Å². The number of non-ortho nitro benzene ring substituents is 1. The molecule has 156 valence electrons. The number of nitro benzene ring substituents is 1. The molecule has 4 rings (SSSR count). The lowest BCUT2D eigenvalue weighted by molar-refractivity contribution is -0.384. The average Bonchev–Trinajstić information content (AvgIpc) is 3.05. The van der Waals surface area contributed by atoms with Gasteiger partial charge in [-0.15, -0.1) is 0 Å². The van der Waals surface area contributed by atoms with E-state index in [0.29, 0.717) is 22.2 Å². The second-order valence-electron chi connectivity index (χ2n) is 6.47. The lowest BCUT2D eigenvalue weighted by atomic mass is 10.2. The third kappa shape index (κ3) is 4.41. The number of nitro groups is 1. The zero-order valence-electron chi connectivity index (χ0n) is 15.8. The molecule has 0 saturated heterocycles. The summed E-state index contributed by atoms with van der Waals surface area (Å²) in [5.41, 5.74) is 0.373. The number of para-hydroxylation sites is 1. The van der Waals surface area contributed by atoms with Crippen molar-refractivity contribution >= 4 is 40.0 Å². The minimum Gasteiger partial charge on any atom is -0.455 e. The maximum Gasteiger partial charge on any atom is 0.420 e. The van der Waals surface area contributed by atoms with Crippen LogP contribution in [0.4, 0.5) is 11.4 Å². The first kappa shape index (κ1) is 20.2. The number of carbonyl (C=O) groups is 1. The van der Waals surface area contributed by atoms with Crippen molar-refractivity contribution in [2.75, 3.05) is 5.32 Å². The van der Waals surface area contributed by atoms with Gasteiger partial charge in [-0.2, -0.15) is 0 Å². The summed E-state index contributed by atoms with van der Waals surface area (Å²) in [6.45, 7) is -0.374. The number of fused-ring (bicyclic) bond motifs is 1. The van der Waals surface area contributed by atoms with Crippen LogP contribution in [-0.4, -0.2) is 15.4 Å². The topological polar surface area (TPSA) is 117 Å². The van der Waals surface area contributed by atoms with Gasteiger partial charge in [0.1, 0.15) is 12.3 Å². The SMILES string of the molecule is O=C(Cn1c(=O)oc2cc([N+](=O)[O-])ccc21)Nc1cc(Cl)ccc1Oc1ccccc1. The lowest BCUT2D eigenvalue weighted by Crippen LogP contribution is -2.24. The number of rotatable bonds is 6. The first-order valence-corrected chi connectivity index (χ1v) is 9.38. The van der Waals surface area contributed by atoms with Crippen LogP contribution in [0, 0.1) is 10.1 Å². The molecule has 0 saturated carbocycles. The van der Waals surface area contributed by atoms with Crippen LogP contribution in [-0.2, 0) is 11.3 Å². The fraction of sp³-hybridized carbons (Fsp3) is 0.0476. The standard InChI is InChI=1S/C21H14ClN3O6/c22-13-6-9-18(30-15-4-2-1-3-5-15)16(10-13)23-20(26)12-24-17-8-7-14(25(28)29)11-19(17)31-21(24)27/h1-11H,12H2,(H,23,26). The summed E-state index contributed by atoms with van der Waals surface area (Å²) in [6.07, 6.45) is 0. The van der Waals surface area contributed by atoms with Gasteiger partial charge in [0.25, 0.3) is 5.69 Å². The van der Waals surface area contributed by atoms with Crippen molar-refractivity contribution in [3.8, 4) is 11.5 Å². The van der Waals surface area contributed by atoms with Crippen LogP contribution in [0.3, 0.4) is 0 Å². The number of halogens is 1. The monoisotopic (exact) mass is 439 g/mol. The average molecular weight is 440 g/mol. The molecule has 9 nitrogen and oxygen atoms in total. The quantitative estimate of drug-likeness (QED) is 0.347. The Morgan fingerprint density at radius 3 is 2.65 bits per heavy atom. The molecule has 0 fully saturated rings. The largest absolute Gasteiger partial charge is 0.455 e. The van der Waals surface area contributed by atoms with Crippen LogP contribution in [0.15, 0.2) is 75.9 Å². The van der Waals surface area contributed by atoms with E-state index in [1.807, 2.05) is 18.2 Å². The molecule has 3 aromatic carbocycles. The van der Waals surface area contributed by atoms with Crippen molar-refractivity contribution in [3.63, 3.8) is 0 Å². The summed E-state index contributed by atoms with van der Waals surface area (Å²) in [7, 11) is 0. The van der Waals surface area contributed by atoms with E-state index in [-0.39, 0.29) is 23.3 Å². The Kier molecular flexibility index (Phi) is 5.42. The van der Waals surface area contributed by atoms with Crippen molar-refractivity contribution < 1.29 is 18.9 Å². The highest BCUT2D eigenvalue weighted by atomic mass is 35.5. The van der Waals surface area contributed by atoms with E-state index < -0.39 is 16.6 Å². The molecule has 0 unspecified atom stereocenters. The Labute approximate surface area is 179 Å². The van der Waals surface area contributed by atoms with Gasteiger partial charge in [0.15, 0.2) is 11.3 Å². The maximum atomic E-state index is 12.6. The second kappa shape index (κ2) is 8.33. The third-order valence-electron chi connectivity index (χ3n) is 4.35. The Morgan fingerprint density at radius 1 is 1.13 bits per heavy atom. The van der Waals surface area contributed by atoms with E-state index in [9.17, 15) is 19.7 Å². The van der Waals surface area contributed by atoms with Crippen LogP contribution in [0.2, 0.25) is 5.02 Å². The predicted molar refractivity (Wildman–Crippen MR) is 114 cm³/mol. The van der Waals surface area contributed by atoms with Gasteiger partial charge in [0.2, 0.25) is 5.91 Å². The third-order valence-corrected chi connectivity index (χ3v) is 4.59. The number of carbonyl (C=O) groups excluding carboxylic acids is 1. The van der Waals surface area contributed by atoms with Gasteiger partial charge in [-0.25, -0.2) is 4.79 Å². The molecule has 0 bridgehead atoms. The van der Waals surface area contributed by atoms with Crippen LogP contribution >= 0.6 is 11.6 Å². The fourth-order valence-electron chi connectivity index (χ4n) is 2.96. The molecule has 0 aliphatic heterocycles. The number of hydrogen-bond acceptors (Lipinski definition) is 6. The number of hydrogen-bond donors (Lipinski definition) is 1. The molecule has 0 radical (unpaired) electrons. The summed E-state index contributed by atoms with van der Waals surface area (Å²) < 4.78 is 11.9. The van der Waals surface area contributed by atoms with E-state index in [4.69, 9.17) is 20.8 Å². The Morgan fingerprint density at radius 2 is 1.90 bits per heavy atom. The lowest BCUT2D eigenvalue weighted by Gasteiger charge is -2.13. The van der Waals surface area contributed by atoms with Crippen molar-refractivity contribution in [1.82, 2.24) is 4.57 Å². The highest BCUT2D eigenvalue weighted by Gasteiger charge is 2.17. The first-order chi connectivity index (χ1) is 14.9. The van der Waals surface area contributed by atoms with Gasteiger partial charge in [0.05, 0.1) is 22.2 Å². The Hall–Kier alpha value is -4.11. The van der Waals surface area contributed by atoms with Gasteiger partial charge >= 0.3 is 5.76 Å². The van der Waals surface area contributed by atoms with Crippen molar-refractivity contribution in [2.45, 2.75) is 6.54 Å². The van der Waals surface area contributed by atoms with Crippen molar-refractivity contribution in [3.05, 3.63) is 92.4 Å². The number of amides is 1. The molecule has 0 atom stereocenters. The number of oxazole rings is 1. The van der Waals surface area contributed by atoms with Crippen LogP contribution < -0.4 is 15.8 Å². The Balaban J connectivity index is 1.58.